The lowest BCUT2D eigenvalue weighted by Crippen LogP contribution is -1.83. The van der Waals surface area contributed by atoms with Crippen LogP contribution in [0.25, 0.3) is 11.1 Å². The van der Waals surface area contributed by atoms with Gasteiger partial charge in [0.1, 0.15) is 5.82 Å². The minimum atomic E-state index is -0.203. The Morgan fingerprint density at radius 3 is 2.20 bits per heavy atom. The monoisotopic (exact) mass is 276 g/mol. The van der Waals surface area contributed by atoms with Crippen LogP contribution in [0.5, 0.6) is 0 Å². The summed E-state index contributed by atoms with van der Waals surface area (Å²) in [5.41, 5.74) is 1.53. The molecule has 74 valence electrons. The van der Waals surface area contributed by atoms with Crippen molar-refractivity contribution in [1.29, 1.82) is 0 Å². The molecule has 0 unspecified atom stereocenters. The van der Waals surface area contributed by atoms with E-state index in [0.29, 0.717) is 5.56 Å². The van der Waals surface area contributed by atoms with E-state index in [1.807, 2.05) is 36.4 Å². The molecule has 15 heavy (non-hydrogen) atoms. The summed E-state index contributed by atoms with van der Waals surface area (Å²) in [6.45, 7) is 0. The molecule has 0 N–H and O–H groups in total. The predicted octanol–water partition coefficient (Wildman–Crippen LogP) is 3.34. The van der Waals surface area contributed by atoms with Gasteiger partial charge >= 0.3 is 23.1 Å². The Morgan fingerprint density at radius 2 is 1.60 bits per heavy atom. The molecule has 0 bridgehead atoms. The van der Waals surface area contributed by atoms with E-state index in [9.17, 15) is 4.39 Å². The smallest absolute Gasteiger partial charge is 0.206 e. The lowest BCUT2D eigenvalue weighted by Gasteiger charge is -2.02. The Morgan fingerprint density at radius 1 is 0.933 bits per heavy atom. The molecule has 0 aromatic heterocycles. The highest BCUT2D eigenvalue weighted by molar-refractivity contribution is 9.10. The van der Waals surface area contributed by atoms with Crippen LogP contribution < -0.4 is 0 Å². The normalized spacial score (nSPS) is 9.47. The molecular weight excluding hydrogens is 267 g/mol. The SMILES string of the molecule is Fc1cc(Br)ccc1-c1ccccc1.[MgH2]. The molecule has 0 spiro atoms. The zero-order valence-electron chi connectivity index (χ0n) is 7.37. The van der Waals surface area contributed by atoms with Gasteiger partial charge in [-0.05, 0) is 17.7 Å². The second-order valence-electron chi connectivity index (χ2n) is 2.99. The van der Waals surface area contributed by atoms with Crippen LogP contribution in [0, 0.1) is 5.82 Å². The first-order valence-electron chi connectivity index (χ1n) is 4.28. The van der Waals surface area contributed by atoms with E-state index in [1.54, 1.807) is 6.07 Å². The summed E-state index contributed by atoms with van der Waals surface area (Å²) >= 11 is 3.23. The third-order valence-corrected chi connectivity index (χ3v) is 2.51. The maximum absolute atomic E-state index is 13.5. The zero-order valence-corrected chi connectivity index (χ0v) is 8.96. The Labute approximate surface area is 113 Å². The van der Waals surface area contributed by atoms with Crippen molar-refractivity contribution in [3.05, 3.63) is 58.8 Å². The molecule has 0 heterocycles. The van der Waals surface area contributed by atoms with Gasteiger partial charge in [0, 0.05) is 10.0 Å². The van der Waals surface area contributed by atoms with E-state index in [1.165, 1.54) is 6.07 Å². The topological polar surface area (TPSA) is 0 Å². The quantitative estimate of drug-likeness (QED) is 0.701. The van der Waals surface area contributed by atoms with Crippen molar-refractivity contribution in [2.24, 2.45) is 0 Å². The van der Waals surface area contributed by atoms with Crippen molar-refractivity contribution in [3.8, 4) is 11.1 Å². The second-order valence-corrected chi connectivity index (χ2v) is 3.91. The summed E-state index contributed by atoms with van der Waals surface area (Å²) in [5, 5.41) is 0. The zero-order chi connectivity index (χ0) is 9.97. The van der Waals surface area contributed by atoms with Crippen molar-refractivity contribution in [3.63, 3.8) is 0 Å². The molecular formula is C12H10BrFMg. The van der Waals surface area contributed by atoms with Crippen molar-refractivity contribution in [1.82, 2.24) is 0 Å². The average molecular weight is 277 g/mol. The van der Waals surface area contributed by atoms with Gasteiger partial charge in [-0.1, -0.05) is 52.3 Å². The molecule has 2 aromatic rings. The Hall–Kier alpha value is -0.384. The summed E-state index contributed by atoms with van der Waals surface area (Å²) in [6, 6.07) is 14.6. The Kier molecular flexibility index (Phi) is 4.76. The van der Waals surface area contributed by atoms with E-state index < -0.39 is 0 Å². The van der Waals surface area contributed by atoms with E-state index >= 15 is 0 Å². The molecule has 3 heteroatoms. The van der Waals surface area contributed by atoms with E-state index in [0.717, 1.165) is 10.0 Å². The molecule has 0 atom stereocenters. The van der Waals surface area contributed by atoms with Crippen LogP contribution in [-0.4, -0.2) is 23.1 Å². The van der Waals surface area contributed by atoms with E-state index in [4.69, 9.17) is 0 Å². The fourth-order valence-electron chi connectivity index (χ4n) is 1.34. The summed E-state index contributed by atoms with van der Waals surface area (Å²) in [5.74, 6) is -0.203. The van der Waals surface area contributed by atoms with Crippen molar-refractivity contribution < 1.29 is 4.39 Å². The highest BCUT2D eigenvalue weighted by atomic mass is 79.9. The maximum atomic E-state index is 13.5. The largest absolute Gasteiger partial charge is 0.316 e. The molecule has 2 rings (SSSR count). The third kappa shape index (κ3) is 3.03. The molecule has 0 saturated heterocycles. The molecule has 0 fully saturated rings. The second kappa shape index (κ2) is 5.63. The van der Waals surface area contributed by atoms with Crippen LogP contribution in [0.4, 0.5) is 4.39 Å². The van der Waals surface area contributed by atoms with Gasteiger partial charge in [0.15, 0.2) is 0 Å². The number of benzene rings is 2. The van der Waals surface area contributed by atoms with Gasteiger partial charge in [-0.25, -0.2) is 4.39 Å². The summed E-state index contributed by atoms with van der Waals surface area (Å²) in [4.78, 5) is 0. The molecule has 0 nitrogen and oxygen atoms in total. The average Bonchev–Trinajstić information content (AvgIpc) is 2.19. The van der Waals surface area contributed by atoms with Crippen molar-refractivity contribution >= 4 is 39.0 Å². The summed E-state index contributed by atoms with van der Waals surface area (Å²) in [7, 11) is 0. The summed E-state index contributed by atoms with van der Waals surface area (Å²) < 4.78 is 14.3. The van der Waals surface area contributed by atoms with Crippen molar-refractivity contribution in [2.75, 3.05) is 0 Å². The number of hydrogen-bond acceptors (Lipinski definition) is 0. The number of halogens is 2. The van der Waals surface area contributed by atoms with E-state index in [2.05, 4.69) is 15.9 Å². The maximum Gasteiger partial charge on any atom is 0.316 e. The van der Waals surface area contributed by atoms with Gasteiger partial charge in [0.2, 0.25) is 0 Å². The lowest BCUT2D eigenvalue weighted by atomic mass is 10.1. The highest BCUT2D eigenvalue weighted by Crippen LogP contribution is 2.24. The molecule has 2 aromatic carbocycles. The standard InChI is InChI=1S/C12H8BrF.Mg.2H/c13-10-6-7-11(12(14)8-10)9-4-2-1-3-5-9;;;/h1-8H;;;. The first-order valence-corrected chi connectivity index (χ1v) is 5.07. The van der Waals surface area contributed by atoms with Gasteiger partial charge in [-0.15, -0.1) is 0 Å². The number of hydrogen-bond donors (Lipinski definition) is 0. The van der Waals surface area contributed by atoms with Gasteiger partial charge in [-0.2, -0.15) is 0 Å². The van der Waals surface area contributed by atoms with Crippen LogP contribution in [-0.2, 0) is 0 Å². The third-order valence-electron chi connectivity index (χ3n) is 2.02. The lowest BCUT2D eigenvalue weighted by molar-refractivity contribution is 0.630. The van der Waals surface area contributed by atoms with Gasteiger partial charge in [-0.3, -0.25) is 0 Å². The molecule has 0 aliphatic carbocycles. The van der Waals surface area contributed by atoms with Crippen LogP contribution in [0.15, 0.2) is 53.0 Å². The number of rotatable bonds is 1. The molecule has 0 aliphatic rings. The Balaban J connectivity index is 0.00000112. The van der Waals surface area contributed by atoms with Crippen LogP contribution in [0.3, 0.4) is 0 Å². The highest BCUT2D eigenvalue weighted by Gasteiger charge is 2.03. The summed E-state index contributed by atoms with van der Waals surface area (Å²) in [6.07, 6.45) is 0. The van der Waals surface area contributed by atoms with E-state index in [-0.39, 0.29) is 28.9 Å². The minimum absolute atomic E-state index is 0. The molecule has 0 amide bonds. The van der Waals surface area contributed by atoms with Crippen LogP contribution in [0.2, 0.25) is 0 Å². The first-order chi connectivity index (χ1) is 6.77. The first kappa shape index (κ1) is 12.7. The minimum Gasteiger partial charge on any atom is -0.206 e. The molecule has 0 radical (unpaired) electrons. The molecule has 0 saturated carbocycles. The Bertz CT molecular complexity index is 443. The van der Waals surface area contributed by atoms with Gasteiger partial charge < -0.3 is 0 Å². The van der Waals surface area contributed by atoms with Crippen molar-refractivity contribution in [2.45, 2.75) is 0 Å². The fraction of sp³-hybridized carbons (Fsp3) is 0. The van der Waals surface area contributed by atoms with Crippen LogP contribution >= 0.6 is 15.9 Å². The molecule has 0 aliphatic heterocycles. The van der Waals surface area contributed by atoms with Gasteiger partial charge in [0.25, 0.3) is 0 Å². The van der Waals surface area contributed by atoms with Gasteiger partial charge in [0.05, 0.1) is 0 Å². The van der Waals surface area contributed by atoms with Crippen LogP contribution in [0.1, 0.15) is 0 Å². The fourth-order valence-corrected chi connectivity index (χ4v) is 1.67. The predicted molar refractivity (Wildman–Crippen MR) is 68.1 cm³/mol.